The zero-order valence-electron chi connectivity index (χ0n) is 11.9. The van der Waals surface area contributed by atoms with Gasteiger partial charge in [-0.3, -0.25) is 9.89 Å². The van der Waals surface area contributed by atoms with Crippen LogP contribution in [0.4, 0.5) is 0 Å². The van der Waals surface area contributed by atoms with Crippen molar-refractivity contribution in [1.82, 2.24) is 15.5 Å². The van der Waals surface area contributed by atoms with E-state index in [2.05, 4.69) is 15.5 Å². The second-order valence-corrected chi connectivity index (χ2v) is 5.15. The fraction of sp³-hybridized carbons (Fsp3) is 0.333. The zero-order chi connectivity index (χ0) is 15.1. The third kappa shape index (κ3) is 5.11. The third-order valence-corrected chi connectivity index (χ3v) is 3.31. The zero-order valence-corrected chi connectivity index (χ0v) is 12.6. The van der Waals surface area contributed by atoms with Gasteiger partial charge >= 0.3 is 0 Å². The van der Waals surface area contributed by atoms with Gasteiger partial charge in [0, 0.05) is 17.3 Å². The number of aromatic amines is 1. The Kier molecular flexibility index (Phi) is 5.63. The molecule has 0 radical (unpaired) electrons. The number of hydrogen-bond acceptors (Lipinski definition) is 3. The van der Waals surface area contributed by atoms with Crippen molar-refractivity contribution in [3.63, 3.8) is 0 Å². The van der Waals surface area contributed by atoms with E-state index in [4.69, 9.17) is 16.3 Å². The Morgan fingerprint density at radius 1 is 1.38 bits per heavy atom. The number of carbonyl (C=O) groups excluding carboxylic acids is 1. The Morgan fingerprint density at radius 2 is 2.14 bits per heavy atom. The van der Waals surface area contributed by atoms with E-state index in [9.17, 15) is 4.79 Å². The predicted molar refractivity (Wildman–Crippen MR) is 81.6 cm³/mol. The van der Waals surface area contributed by atoms with Crippen LogP contribution >= 0.6 is 11.6 Å². The van der Waals surface area contributed by atoms with Crippen LogP contribution in [-0.2, 0) is 11.2 Å². The summed E-state index contributed by atoms with van der Waals surface area (Å²) < 4.78 is 5.36. The van der Waals surface area contributed by atoms with Crippen molar-refractivity contribution >= 4 is 17.5 Å². The van der Waals surface area contributed by atoms with Crippen LogP contribution < -0.4 is 10.1 Å². The molecule has 0 saturated heterocycles. The van der Waals surface area contributed by atoms with Gasteiger partial charge in [0.05, 0.1) is 6.20 Å². The van der Waals surface area contributed by atoms with E-state index in [0.717, 1.165) is 18.5 Å². The number of ether oxygens (including phenoxy) is 1. The van der Waals surface area contributed by atoms with Crippen molar-refractivity contribution < 1.29 is 9.53 Å². The molecular formula is C15H18ClN3O2. The van der Waals surface area contributed by atoms with Crippen LogP contribution in [0.2, 0.25) is 5.02 Å². The van der Waals surface area contributed by atoms with Crippen molar-refractivity contribution in [2.45, 2.75) is 19.8 Å². The number of amides is 1. The first-order chi connectivity index (χ1) is 10.1. The molecule has 0 spiro atoms. The lowest BCUT2D eigenvalue weighted by molar-refractivity contribution is -0.123. The second-order valence-electron chi connectivity index (χ2n) is 4.72. The number of hydrogen-bond donors (Lipinski definition) is 2. The van der Waals surface area contributed by atoms with E-state index in [1.807, 2.05) is 13.1 Å². The summed E-state index contributed by atoms with van der Waals surface area (Å²) in [6.07, 6.45) is 3.58. The number of halogens is 1. The lowest BCUT2D eigenvalue weighted by atomic mass is 10.1. The molecule has 0 atom stereocenters. The van der Waals surface area contributed by atoms with Gasteiger partial charge in [0.25, 0.3) is 5.91 Å². The topological polar surface area (TPSA) is 67.0 Å². The fourth-order valence-corrected chi connectivity index (χ4v) is 1.99. The molecule has 1 aromatic carbocycles. The maximum atomic E-state index is 11.6. The summed E-state index contributed by atoms with van der Waals surface area (Å²) >= 11 is 5.77. The van der Waals surface area contributed by atoms with E-state index in [0.29, 0.717) is 17.3 Å². The van der Waals surface area contributed by atoms with Crippen LogP contribution in [0.5, 0.6) is 5.75 Å². The van der Waals surface area contributed by atoms with Gasteiger partial charge in [0.15, 0.2) is 6.61 Å². The van der Waals surface area contributed by atoms with Crippen LogP contribution in [0.25, 0.3) is 0 Å². The van der Waals surface area contributed by atoms with Gasteiger partial charge in [-0.1, -0.05) is 11.6 Å². The number of nitrogens with one attached hydrogen (secondary N) is 2. The summed E-state index contributed by atoms with van der Waals surface area (Å²) in [6.45, 7) is 2.61. The molecule has 1 heterocycles. The van der Waals surface area contributed by atoms with E-state index < -0.39 is 0 Å². The highest BCUT2D eigenvalue weighted by Crippen LogP contribution is 2.15. The van der Waals surface area contributed by atoms with Crippen molar-refractivity contribution in [3.8, 4) is 5.75 Å². The Labute approximate surface area is 128 Å². The summed E-state index contributed by atoms with van der Waals surface area (Å²) in [5.74, 6) is 0.498. The van der Waals surface area contributed by atoms with Crippen LogP contribution in [-0.4, -0.2) is 29.3 Å². The number of benzene rings is 1. The number of nitrogens with zero attached hydrogens (tertiary/aromatic N) is 1. The minimum Gasteiger partial charge on any atom is -0.484 e. The molecule has 21 heavy (non-hydrogen) atoms. The van der Waals surface area contributed by atoms with Crippen molar-refractivity contribution in [3.05, 3.63) is 46.7 Å². The lowest BCUT2D eigenvalue weighted by Gasteiger charge is -2.07. The summed E-state index contributed by atoms with van der Waals surface area (Å²) in [6, 6.07) is 6.92. The van der Waals surface area contributed by atoms with E-state index in [1.165, 1.54) is 5.56 Å². The number of aryl methyl sites for hydroxylation is 2. The molecule has 6 heteroatoms. The van der Waals surface area contributed by atoms with Gasteiger partial charge in [-0.05, 0) is 49.6 Å². The third-order valence-electron chi connectivity index (χ3n) is 3.06. The Hall–Kier alpha value is -2.01. The molecule has 1 aromatic heterocycles. The molecule has 1 amide bonds. The predicted octanol–water partition coefficient (Wildman–Crippen LogP) is 2.50. The minimum absolute atomic E-state index is 0.00632. The molecule has 2 rings (SSSR count). The van der Waals surface area contributed by atoms with Gasteiger partial charge in [0.2, 0.25) is 0 Å². The number of aromatic nitrogens is 2. The van der Waals surface area contributed by atoms with Crippen LogP contribution in [0, 0.1) is 6.92 Å². The largest absolute Gasteiger partial charge is 0.484 e. The van der Waals surface area contributed by atoms with Gasteiger partial charge < -0.3 is 10.1 Å². The molecule has 0 aliphatic carbocycles. The van der Waals surface area contributed by atoms with Crippen molar-refractivity contribution in [2.75, 3.05) is 13.2 Å². The Morgan fingerprint density at radius 3 is 2.81 bits per heavy atom. The van der Waals surface area contributed by atoms with Crippen LogP contribution in [0.1, 0.15) is 17.7 Å². The smallest absolute Gasteiger partial charge is 0.257 e. The number of carbonyl (C=O) groups is 1. The van der Waals surface area contributed by atoms with Gasteiger partial charge in [-0.15, -0.1) is 0 Å². The average molecular weight is 308 g/mol. The van der Waals surface area contributed by atoms with E-state index in [-0.39, 0.29) is 12.5 Å². The minimum atomic E-state index is -0.131. The van der Waals surface area contributed by atoms with Gasteiger partial charge in [-0.25, -0.2) is 0 Å². The summed E-state index contributed by atoms with van der Waals surface area (Å²) in [5.41, 5.74) is 2.26. The fourth-order valence-electron chi connectivity index (χ4n) is 1.87. The molecule has 0 aliphatic heterocycles. The quantitative estimate of drug-likeness (QED) is 0.772. The average Bonchev–Trinajstić information content (AvgIpc) is 2.88. The molecule has 2 N–H and O–H groups in total. The number of rotatable bonds is 7. The lowest BCUT2D eigenvalue weighted by Crippen LogP contribution is -2.29. The molecular weight excluding hydrogens is 290 g/mol. The first-order valence-electron chi connectivity index (χ1n) is 6.79. The highest BCUT2D eigenvalue weighted by atomic mass is 35.5. The van der Waals surface area contributed by atoms with E-state index >= 15 is 0 Å². The molecule has 5 nitrogen and oxygen atoms in total. The number of H-pyrrole nitrogens is 1. The second kappa shape index (κ2) is 7.69. The highest BCUT2D eigenvalue weighted by Gasteiger charge is 2.04. The molecule has 0 fully saturated rings. The standard InChI is InChI=1S/C15H18ClN3O2/c1-11-12(9-18-19-11)3-2-8-17-15(20)10-21-14-6-4-13(16)5-7-14/h4-7,9H,2-3,8,10H2,1H3,(H,17,20)(H,18,19). The molecule has 112 valence electrons. The first kappa shape index (κ1) is 15.4. The Balaban J connectivity index is 1.61. The molecule has 0 saturated carbocycles. The first-order valence-corrected chi connectivity index (χ1v) is 7.17. The normalized spacial score (nSPS) is 10.4. The van der Waals surface area contributed by atoms with Crippen LogP contribution in [0.15, 0.2) is 30.5 Å². The van der Waals surface area contributed by atoms with E-state index in [1.54, 1.807) is 24.3 Å². The SMILES string of the molecule is Cc1[nH]ncc1CCCNC(=O)COc1ccc(Cl)cc1. The van der Waals surface area contributed by atoms with Crippen molar-refractivity contribution in [1.29, 1.82) is 0 Å². The molecule has 0 unspecified atom stereocenters. The maximum Gasteiger partial charge on any atom is 0.257 e. The van der Waals surface area contributed by atoms with Gasteiger partial charge in [-0.2, -0.15) is 5.10 Å². The van der Waals surface area contributed by atoms with Gasteiger partial charge in [0.1, 0.15) is 5.75 Å². The summed E-state index contributed by atoms with van der Waals surface area (Å²) in [7, 11) is 0. The van der Waals surface area contributed by atoms with Crippen LogP contribution in [0.3, 0.4) is 0 Å². The maximum absolute atomic E-state index is 11.6. The highest BCUT2D eigenvalue weighted by molar-refractivity contribution is 6.30. The molecule has 0 aliphatic rings. The molecule has 0 bridgehead atoms. The van der Waals surface area contributed by atoms with Crippen molar-refractivity contribution in [2.24, 2.45) is 0 Å². The summed E-state index contributed by atoms with van der Waals surface area (Å²) in [4.78, 5) is 11.6. The molecule has 2 aromatic rings. The Bertz CT molecular complexity index is 581. The monoisotopic (exact) mass is 307 g/mol. The summed E-state index contributed by atoms with van der Waals surface area (Å²) in [5, 5.41) is 10.3.